The lowest BCUT2D eigenvalue weighted by Crippen LogP contribution is -2.12. The minimum atomic E-state index is -0.467. The Bertz CT molecular complexity index is 613. The van der Waals surface area contributed by atoms with E-state index >= 15 is 0 Å². The molecule has 0 saturated carbocycles. The molecule has 0 saturated heterocycles. The zero-order chi connectivity index (χ0) is 13.8. The molecule has 0 bridgehead atoms. The Kier molecular flexibility index (Phi) is 4.06. The second-order valence-electron chi connectivity index (χ2n) is 4.15. The molecule has 19 heavy (non-hydrogen) atoms. The van der Waals surface area contributed by atoms with Gasteiger partial charge in [0.1, 0.15) is 0 Å². The number of nitrogen functional groups attached to an aromatic ring is 1. The van der Waals surface area contributed by atoms with E-state index < -0.39 is 5.91 Å². The summed E-state index contributed by atoms with van der Waals surface area (Å²) in [4.78, 5) is 11.1. The van der Waals surface area contributed by atoms with E-state index in [0.29, 0.717) is 23.5 Å². The number of primary amides is 1. The standard InChI is InChI=1S/C14H14BrN3O/c15-11-3-1-2-9(6-11)8-18-13-7-10(14(17)19)4-5-12(13)16/h1-7,18H,8,16H2,(H2,17,19). The molecule has 5 N–H and O–H groups in total. The van der Waals surface area contributed by atoms with Crippen molar-refractivity contribution in [3.05, 3.63) is 58.1 Å². The van der Waals surface area contributed by atoms with Gasteiger partial charge in [-0.05, 0) is 35.9 Å². The highest BCUT2D eigenvalue weighted by molar-refractivity contribution is 9.10. The lowest BCUT2D eigenvalue weighted by atomic mass is 10.1. The predicted molar refractivity (Wildman–Crippen MR) is 80.8 cm³/mol. The van der Waals surface area contributed by atoms with Crippen LogP contribution in [0.15, 0.2) is 46.9 Å². The number of amides is 1. The number of anilines is 2. The SMILES string of the molecule is NC(=O)c1ccc(N)c(NCc2cccc(Br)c2)c1. The van der Waals surface area contributed by atoms with Crippen molar-refractivity contribution in [3.8, 4) is 0 Å². The molecule has 0 aromatic heterocycles. The topological polar surface area (TPSA) is 81.1 Å². The summed E-state index contributed by atoms with van der Waals surface area (Å²) in [6.45, 7) is 0.617. The Morgan fingerprint density at radius 3 is 2.68 bits per heavy atom. The van der Waals surface area contributed by atoms with Crippen LogP contribution in [-0.4, -0.2) is 5.91 Å². The smallest absolute Gasteiger partial charge is 0.248 e. The molecule has 2 rings (SSSR count). The van der Waals surface area contributed by atoms with Crippen molar-refractivity contribution in [2.45, 2.75) is 6.54 Å². The molecule has 0 spiro atoms. The van der Waals surface area contributed by atoms with Gasteiger partial charge in [-0.25, -0.2) is 0 Å². The number of halogens is 1. The van der Waals surface area contributed by atoms with Crippen LogP contribution in [-0.2, 0) is 6.54 Å². The summed E-state index contributed by atoms with van der Waals surface area (Å²) in [5.41, 5.74) is 13.9. The first-order chi connectivity index (χ1) is 9.06. The predicted octanol–water partition coefficient (Wildman–Crippen LogP) is 2.74. The third-order valence-corrected chi connectivity index (χ3v) is 3.20. The maximum absolute atomic E-state index is 11.1. The Morgan fingerprint density at radius 1 is 1.21 bits per heavy atom. The highest BCUT2D eigenvalue weighted by atomic mass is 79.9. The van der Waals surface area contributed by atoms with Crippen molar-refractivity contribution >= 4 is 33.2 Å². The van der Waals surface area contributed by atoms with E-state index in [4.69, 9.17) is 11.5 Å². The summed E-state index contributed by atoms with van der Waals surface area (Å²) >= 11 is 3.42. The fourth-order valence-corrected chi connectivity index (χ4v) is 2.15. The average Bonchev–Trinajstić information content (AvgIpc) is 2.37. The van der Waals surface area contributed by atoms with Crippen LogP contribution in [0.25, 0.3) is 0 Å². The molecular formula is C14H14BrN3O. The van der Waals surface area contributed by atoms with Crippen molar-refractivity contribution in [1.29, 1.82) is 0 Å². The van der Waals surface area contributed by atoms with Crippen LogP contribution in [0.1, 0.15) is 15.9 Å². The number of carbonyl (C=O) groups is 1. The Balaban J connectivity index is 2.15. The van der Waals surface area contributed by atoms with Crippen molar-refractivity contribution in [1.82, 2.24) is 0 Å². The quantitative estimate of drug-likeness (QED) is 0.758. The molecule has 0 atom stereocenters. The zero-order valence-corrected chi connectivity index (χ0v) is 11.8. The van der Waals surface area contributed by atoms with Crippen molar-refractivity contribution in [2.24, 2.45) is 5.73 Å². The molecule has 0 heterocycles. The minimum absolute atomic E-state index is 0.436. The number of carbonyl (C=O) groups excluding carboxylic acids is 1. The average molecular weight is 320 g/mol. The van der Waals surface area contributed by atoms with E-state index in [-0.39, 0.29) is 0 Å². The number of hydrogen-bond donors (Lipinski definition) is 3. The van der Waals surface area contributed by atoms with Crippen LogP contribution in [0.2, 0.25) is 0 Å². The molecule has 2 aromatic rings. The number of rotatable bonds is 4. The summed E-state index contributed by atoms with van der Waals surface area (Å²) < 4.78 is 1.02. The molecule has 0 fully saturated rings. The van der Waals surface area contributed by atoms with Crippen LogP contribution in [0.3, 0.4) is 0 Å². The number of hydrogen-bond acceptors (Lipinski definition) is 3. The van der Waals surface area contributed by atoms with Crippen molar-refractivity contribution < 1.29 is 4.79 Å². The fourth-order valence-electron chi connectivity index (χ4n) is 1.71. The normalized spacial score (nSPS) is 10.2. The van der Waals surface area contributed by atoms with Crippen LogP contribution in [0.4, 0.5) is 11.4 Å². The van der Waals surface area contributed by atoms with Gasteiger partial charge in [0.25, 0.3) is 0 Å². The molecule has 0 aliphatic heterocycles. The highest BCUT2D eigenvalue weighted by Gasteiger charge is 2.05. The van der Waals surface area contributed by atoms with Gasteiger partial charge in [0, 0.05) is 16.6 Å². The number of nitrogens with one attached hydrogen (secondary N) is 1. The number of nitrogens with two attached hydrogens (primary N) is 2. The van der Waals surface area contributed by atoms with Gasteiger partial charge in [0.05, 0.1) is 11.4 Å². The third-order valence-electron chi connectivity index (χ3n) is 2.71. The monoisotopic (exact) mass is 319 g/mol. The zero-order valence-electron chi connectivity index (χ0n) is 10.2. The summed E-state index contributed by atoms with van der Waals surface area (Å²) in [6.07, 6.45) is 0. The van der Waals surface area contributed by atoms with Crippen LogP contribution in [0.5, 0.6) is 0 Å². The van der Waals surface area contributed by atoms with Crippen LogP contribution in [0, 0.1) is 0 Å². The Labute approximate surface area is 119 Å². The van der Waals surface area contributed by atoms with E-state index in [1.165, 1.54) is 0 Å². The summed E-state index contributed by atoms with van der Waals surface area (Å²) in [6, 6.07) is 12.9. The van der Waals surface area contributed by atoms with Gasteiger partial charge in [-0.3, -0.25) is 4.79 Å². The first-order valence-electron chi connectivity index (χ1n) is 5.74. The molecule has 1 amide bonds. The minimum Gasteiger partial charge on any atom is -0.397 e. The maximum Gasteiger partial charge on any atom is 0.248 e. The van der Waals surface area contributed by atoms with Gasteiger partial charge >= 0.3 is 0 Å². The summed E-state index contributed by atoms with van der Waals surface area (Å²) in [7, 11) is 0. The van der Waals surface area contributed by atoms with E-state index in [2.05, 4.69) is 21.2 Å². The van der Waals surface area contributed by atoms with Crippen LogP contribution < -0.4 is 16.8 Å². The molecule has 2 aromatic carbocycles. The summed E-state index contributed by atoms with van der Waals surface area (Å²) in [5, 5.41) is 3.20. The van der Waals surface area contributed by atoms with Crippen molar-refractivity contribution in [2.75, 3.05) is 11.1 Å². The van der Waals surface area contributed by atoms with Crippen LogP contribution >= 0.6 is 15.9 Å². The van der Waals surface area contributed by atoms with Gasteiger partial charge in [-0.1, -0.05) is 28.1 Å². The second kappa shape index (κ2) is 5.75. The largest absolute Gasteiger partial charge is 0.397 e. The second-order valence-corrected chi connectivity index (χ2v) is 5.07. The first-order valence-corrected chi connectivity index (χ1v) is 6.53. The van der Waals surface area contributed by atoms with Crippen molar-refractivity contribution in [3.63, 3.8) is 0 Å². The molecule has 98 valence electrons. The van der Waals surface area contributed by atoms with Gasteiger partial charge in [0.2, 0.25) is 5.91 Å². The third kappa shape index (κ3) is 3.48. The van der Waals surface area contributed by atoms with E-state index in [1.54, 1.807) is 18.2 Å². The lowest BCUT2D eigenvalue weighted by molar-refractivity contribution is 0.100. The molecular weight excluding hydrogens is 306 g/mol. The van der Waals surface area contributed by atoms with Gasteiger partial charge in [0.15, 0.2) is 0 Å². The number of benzene rings is 2. The first kappa shape index (κ1) is 13.4. The molecule has 4 nitrogen and oxygen atoms in total. The molecule has 5 heteroatoms. The Morgan fingerprint density at radius 2 is 2.00 bits per heavy atom. The molecule has 0 aliphatic rings. The van der Waals surface area contributed by atoms with Gasteiger partial charge < -0.3 is 16.8 Å². The summed E-state index contributed by atoms with van der Waals surface area (Å²) in [5.74, 6) is -0.467. The fraction of sp³-hybridized carbons (Fsp3) is 0.0714. The van der Waals surface area contributed by atoms with Gasteiger partial charge in [-0.15, -0.1) is 0 Å². The van der Waals surface area contributed by atoms with E-state index in [0.717, 1.165) is 10.0 Å². The van der Waals surface area contributed by atoms with E-state index in [1.807, 2.05) is 24.3 Å². The van der Waals surface area contributed by atoms with Gasteiger partial charge in [-0.2, -0.15) is 0 Å². The molecule has 0 radical (unpaired) electrons. The molecule has 0 aliphatic carbocycles. The maximum atomic E-state index is 11.1. The van der Waals surface area contributed by atoms with E-state index in [9.17, 15) is 4.79 Å². The Hall–Kier alpha value is -2.01. The molecule has 0 unspecified atom stereocenters. The lowest BCUT2D eigenvalue weighted by Gasteiger charge is -2.10. The highest BCUT2D eigenvalue weighted by Crippen LogP contribution is 2.21.